The number of carbonyl (C=O) groups is 2. The predicted molar refractivity (Wildman–Crippen MR) is 118 cm³/mol. The zero-order valence-electron chi connectivity index (χ0n) is 17.9. The van der Waals surface area contributed by atoms with E-state index in [1.807, 2.05) is 12.1 Å². The molecular formula is C23H19ClF3N3O4. The molecule has 34 heavy (non-hydrogen) atoms. The van der Waals surface area contributed by atoms with Crippen molar-refractivity contribution in [3.8, 4) is 5.69 Å². The lowest BCUT2D eigenvalue weighted by atomic mass is 10.1. The second-order valence-corrected chi connectivity index (χ2v) is 7.70. The average Bonchev–Trinajstić information content (AvgIpc) is 2.78. The summed E-state index contributed by atoms with van der Waals surface area (Å²) in [5.41, 5.74) is -1.20. The van der Waals surface area contributed by atoms with Crippen molar-refractivity contribution >= 4 is 23.5 Å². The smallest absolute Gasteiger partial charge is 0.416 e. The van der Waals surface area contributed by atoms with Gasteiger partial charge in [0.15, 0.2) is 6.61 Å². The van der Waals surface area contributed by atoms with E-state index >= 15 is 0 Å². The third-order valence-corrected chi connectivity index (χ3v) is 4.95. The SMILES string of the molecule is Cc1cc(=O)c(C(=O)OCC(=O)NCCc2ccc(Cl)cc2)nn1-c1cccc(C(F)(F)F)c1. The fraction of sp³-hybridized carbons (Fsp3) is 0.217. The lowest BCUT2D eigenvalue weighted by Gasteiger charge is -2.13. The summed E-state index contributed by atoms with van der Waals surface area (Å²) in [5.74, 6) is -1.76. The molecule has 0 saturated carbocycles. The van der Waals surface area contributed by atoms with Gasteiger partial charge in [0.25, 0.3) is 5.91 Å². The summed E-state index contributed by atoms with van der Waals surface area (Å²) < 4.78 is 45.0. The largest absolute Gasteiger partial charge is 0.451 e. The number of hydrogen-bond acceptors (Lipinski definition) is 5. The highest BCUT2D eigenvalue weighted by atomic mass is 35.5. The van der Waals surface area contributed by atoms with Crippen molar-refractivity contribution in [2.45, 2.75) is 19.5 Å². The van der Waals surface area contributed by atoms with E-state index in [0.717, 1.165) is 28.4 Å². The first kappa shape index (κ1) is 25.0. The molecule has 0 aliphatic rings. The van der Waals surface area contributed by atoms with Crippen LogP contribution in [0.25, 0.3) is 5.69 Å². The molecule has 1 heterocycles. The molecule has 0 fully saturated rings. The highest BCUT2D eigenvalue weighted by Gasteiger charge is 2.30. The molecule has 0 unspecified atom stereocenters. The Morgan fingerprint density at radius 1 is 1.12 bits per heavy atom. The van der Waals surface area contributed by atoms with Crippen molar-refractivity contribution in [3.05, 3.63) is 92.4 Å². The van der Waals surface area contributed by atoms with E-state index in [2.05, 4.69) is 10.4 Å². The van der Waals surface area contributed by atoms with E-state index in [-0.39, 0.29) is 17.9 Å². The van der Waals surface area contributed by atoms with Crippen molar-refractivity contribution in [1.82, 2.24) is 15.1 Å². The summed E-state index contributed by atoms with van der Waals surface area (Å²) >= 11 is 5.81. The summed E-state index contributed by atoms with van der Waals surface area (Å²) in [7, 11) is 0. The van der Waals surface area contributed by atoms with Gasteiger partial charge in [0.2, 0.25) is 11.1 Å². The number of aryl methyl sites for hydroxylation is 1. The number of halogens is 4. The number of rotatable bonds is 7. The van der Waals surface area contributed by atoms with Gasteiger partial charge in [0, 0.05) is 23.3 Å². The topological polar surface area (TPSA) is 90.3 Å². The van der Waals surface area contributed by atoms with Gasteiger partial charge in [-0.25, -0.2) is 9.48 Å². The van der Waals surface area contributed by atoms with Crippen LogP contribution in [0, 0.1) is 6.92 Å². The molecule has 7 nitrogen and oxygen atoms in total. The molecule has 1 aromatic heterocycles. The highest BCUT2D eigenvalue weighted by molar-refractivity contribution is 6.30. The van der Waals surface area contributed by atoms with Gasteiger partial charge in [0.05, 0.1) is 11.3 Å². The maximum absolute atomic E-state index is 13.0. The summed E-state index contributed by atoms with van der Waals surface area (Å²) in [6.07, 6.45) is -4.05. The van der Waals surface area contributed by atoms with E-state index in [9.17, 15) is 27.6 Å². The van der Waals surface area contributed by atoms with Crippen LogP contribution < -0.4 is 10.7 Å². The van der Waals surface area contributed by atoms with Gasteiger partial charge >= 0.3 is 12.1 Å². The Morgan fingerprint density at radius 2 is 1.82 bits per heavy atom. The van der Waals surface area contributed by atoms with Crippen molar-refractivity contribution in [3.63, 3.8) is 0 Å². The standard InChI is InChI=1S/C23H19ClF3N3O4/c1-14-11-19(31)21(29-30(14)18-4-2-3-16(12-18)23(25,26)27)22(33)34-13-20(32)28-10-9-15-5-7-17(24)8-6-15/h2-8,11-12H,9-10,13H2,1H3,(H,28,32). The van der Waals surface area contributed by atoms with Crippen molar-refractivity contribution in [2.75, 3.05) is 13.2 Å². The maximum atomic E-state index is 13.0. The zero-order valence-corrected chi connectivity index (χ0v) is 18.6. The van der Waals surface area contributed by atoms with Crippen LogP contribution in [0.2, 0.25) is 5.02 Å². The van der Waals surface area contributed by atoms with Crippen molar-refractivity contribution in [1.29, 1.82) is 0 Å². The number of esters is 1. The number of amides is 1. The summed E-state index contributed by atoms with van der Waals surface area (Å²) in [6, 6.07) is 12.4. The van der Waals surface area contributed by atoms with Crippen molar-refractivity contribution < 1.29 is 27.5 Å². The van der Waals surface area contributed by atoms with Crippen LogP contribution in [-0.4, -0.2) is 34.8 Å². The molecule has 0 bridgehead atoms. The van der Waals surface area contributed by atoms with Gasteiger partial charge < -0.3 is 10.1 Å². The second-order valence-electron chi connectivity index (χ2n) is 7.26. The Balaban J connectivity index is 1.65. The molecule has 3 aromatic rings. The molecule has 11 heteroatoms. The van der Waals surface area contributed by atoms with E-state index in [1.165, 1.54) is 19.1 Å². The van der Waals surface area contributed by atoms with Crippen LogP contribution >= 0.6 is 11.6 Å². The third-order valence-electron chi connectivity index (χ3n) is 4.70. The Hall–Kier alpha value is -3.66. The monoisotopic (exact) mass is 493 g/mol. The Bertz CT molecular complexity index is 1260. The fourth-order valence-electron chi connectivity index (χ4n) is 3.01. The molecule has 3 rings (SSSR count). The van der Waals surface area contributed by atoms with Crippen LogP contribution in [-0.2, 0) is 22.1 Å². The molecule has 1 amide bonds. The van der Waals surface area contributed by atoms with Crippen LogP contribution in [0.1, 0.15) is 27.3 Å². The molecule has 1 N–H and O–H groups in total. The predicted octanol–water partition coefficient (Wildman–Crippen LogP) is 3.73. The molecule has 0 aliphatic carbocycles. The van der Waals surface area contributed by atoms with Gasteiger partial charge in [-0.15, -0.1) is 0 Å². The highest BCUT2D eigenvalue weighted by Crippen LogP contribution is 2.30. The number of nitrogens with zero attached hydrogens (tertiary/aromatic N) is 2. The zero-order chi connectivity index (χ0) is 24.9. The fourth-order valence-corrected chi connectivity index (χ4v) is 3.14. The quantitative estimate of drug-likeness (QED) is 0.507. The minimum atomic E-state index is -4.58. The van der Waals surface area contributed by atoms with E-state index in [4.69, 9.17) is 16.3 Å². The van der Waals surface area contributed by atoms with E-state index in [1.54, 1.807) is 12.1 Å². The molecule has 178 valence electrons. The average molecular weight is 494 g/mol. The van der Waals surface area contributed by atoms with Crippen molar-refractivity contribution in [2.24, 2.45) is 0 Å². The normalized spacial score (nSPS) is 11.2. The molecule has 0 aliphatic heterocycles. The molecule has 0 radical (unpaired) electrons. The molecule has 2 aromatic carbocycles. The van der Waals surface area contributed by atoms with Crippen LogP contribution in [0.4, 0.5) is 13.2 Å². The lowest BCUT2D eigenvalue weighted by Crippen LogP contribution is -2.32. The summed E-state index contributed by atoms with van der Waals surface area (Å²) in [6.45, 7) is 1.08. The Kier molecular flexibility index (Phi) is 7.72. The molecule has 0 spiro atoms. The van der Waals surface area contributed by atoms with Gasteiger partial charge in [0.1, 0.15) is 0 Å². The Labute approximate surface area is 197 Å². The summed E-state index contributed by atoms with van der Waals surface area (Å²) in [5, 5.41) is 7.04. The van der Waals surface area contributed by atoms with Gasteiger partial charge in [-0.05, 0) is 49.2 Å². The Morgan fingerprint density at radius 3 is 2.50 bits per heavy atom. The number of ether oxygens (including phenoxy) is 1. The number of carbonyl (C=O) groups excluding carboxylic acids is 2. The first-order chi connectivity index (χ1) is 16.0. The van der Waals surface area contributed by atoms with E-state index in [0.29, 0.717) is 11.4 Å². The van der Waals surface area contributed by atoms with Gasteiger partial charge in [-0.1, -0.05) is 29.8 Å². The van der Waals surface area contributed by atoms with Crippen LogP contribution in [0.3, 0.4) is 0 Å². The summed E-state index contributed by atoms with van der Waals surface area (Å²) in [4.78, 5) is 36.5. The van der Waals surface area contributed by atoms with Crippen LogP contribution in [0.5, 0.6) is 0 Å². The number of aromatic nitrogens is 2. The number of hydrogen-bond donors (Lipinski definition) is 1. The molecule has 0 atom stereocenters. The lowest BCUT2D eigenvalue weighted by molar-refractivity contribution is -0.137. The first-order valence-electron chi connectivity index (χ1n) is 10.0. The first-order valence-corrected chi connectivity index (χ1v) is 10.4. The van der Waals surface area contributed by atoms with Gasteiger partial charge in [-0.3, -0.25) is 9.59 Å². The van der Waals surface area contributed by atoms with Gasteiger partial charge in [-0.2, -0.15) is 18.3 Å². The molecular weight excluding hydrogens is 475 g/mol. The number of alkyl halides is 3. The number of benzene rings is 2. The molecule has 0 saturated heterocycles. The minimum Gasteiger partial charge on any atom is -0.451 e. The third kappa shape index (κ3) is 6.44. The van der Waals surface area contributed by atoms with Crippen LogP contribution in [0.15, 0.2) is 59.4 Å². The van der Waals surface area contributed by atoms with E-state index < -0.39 is 41.3 Å². The number of nitrogens with one attached hydrogen (secondary N) is 1. The minimum absolute atomic E-state index is 0.00122. The maximum Gasteiger partial charge on any atom is 0.416 e. The second kappa shape index (κ2) is 10.5.